The molecule has 0 aliphatic rings. The standard InChI is InChI=1S/C10H7N3O2S2/c14-9-7-2-4-17-8(7)12-10(16)13(9)5-6-1-3-11-15-6/h1-4H,5H2,(H,12,16). The van der Waals surface area contributed by atoms with Crippen LogP contribution in [-0.4, -0.2) is 14.7 Å². The van der Waals surface area contributed by atoms with Gasteiger partial charge in [-0.3, -0.25) is 9.36 Å². The third-order valence-corrected chi connectivity index (χ3v) is 3.56. The van der Waals surface area contributed by atoms with Gasteiger partial charge in [-0.05, 0) is 23.7 Å². The van der Waals surface area contributed by atoms with Crippen molar-refractivity contribution in [2.45, 2.75) is 6.54 Å². The van der Waals surface area contributed by atoms with Crippen molar-refractivity contribution in [1.29, 1.82) is 0 Å². The van der Waals surface area contributed by atoms with Crippen molar-refractivity contribution in [3.05, 3.63) is 44.6 Å². The number of rotatable bonds is 2. The van der Waals surface area contributed by atoms with Crippen molar-refractivity contribution >= 4 is 33.8 Å². The topological polar surface area (TPSA) is 63.8 Å². The molecule has 0 fully saturated rings. The van der Waals surface area contributed by atoms with Gasteiger partial charge in [0.15, 0.2) is 10.5 Å². The third kappa shape index (κ3) is 1.73. The number of hydrogen-bond donors (Lipinski definition) is 1. The number of aromatic nitrogens is 3. The number of aromatic amines is 1. The number of nitrogens with zero attached hydrogens (tertiary/aromatic N) is 2. The molecule has 0 saturated heterocycles. The Hall–Kier alpha value is -1.73. The number of nitrogens with one attached hydrogen (secondary N) is 1. The Kier molecular flexibility index (Phi) is 2.41. The van der Waals surface area contributed by atoms with Crippen LogP contribution in [0.1, 0.15) is 5.76 Å². The van der Waals surface area contributed by atoms with Gasteiger partial charge in [0.25, 0.3) is 5.56 Å². The first kappa shape index (κ1) is 10.4. The number of H-pyrrole nitrogens is 1. The van der Waals surface area contributed by atoms with Gasteiger partial charge >= 0.3 is 0 Å². The van der Waals surface area contributed by atoms with Gasteiger partial charge in [-0.2, -0.15) is 0 Å². The first-order valence-electron chi connectivity index (χ1n) is 4.85. The largest absolute Gasteiger partial charge is 0.359 e. The third-order valence-electron chi connectivity index (χ3n) is 2.41. The summed E-state index contributed by atoms with van der Waals surface area (Å²) in [5, 5.41) is 6.10. The fourth-order valence-corrected chi connectivity index (χ4v) is 2.69. The SMILES string of the molecule is O=c1c2ccsc2[nH]c(=S)n1Cc1ccno1. The maximum absolute atomic E-state index is 12.2. The summed E-state index contributed by atoms with van der Waals surface area (Å²) in [6.45, 7) is 0.292. The highest BCUT2D eigenvalue weighted by Crippen LogP contribution is 2.14. The van der Waals surface area contributed by atoms with Crippen molar-refractivity contribution in [2.75, 3.05) is 0 Å². The lowest BCUT2D eigenvalue weighted by atomic mass is 10.4. The van der Waals surface area contributed by atoms with Crippen molar-refractivity contribution < 1.29 is 4.52 Å². The van der Waals surface area contributed by atoms with E-state index in [4.69, 9.17) is 16.7 Å². The smallest absolute Gasteiger partial charge is 0.263 e. The molecule has 0 atom stereocenters. The maximum atomic E-state index is 12.2. The zero-order chi connectivity index (χ0) is 11.8. The molecule has 0 amide bonds. The predicted octanol–water partition coefficient (Wildman–Crippen LogP) is 2.16. The van der Waals surface area contributed by atoms with Crippen molar-refractivity contribution in [3.63, 3.8) is 0 Å². The molecule has 1 N–H and O–H groups in total. The fourth-order valence-electron chi connectivity index (χ4n) is 1.60. The molecule has 0 aromatic carbocycles. The first-order chi connectivity index (χ1) is 8.25. The van der Waals surface area contributed by atoms with Crippen LogP contribution >= 0.6 is 23.6 Å². The zero-order valence-electron chi connectivity index (χ0n) is 8.54. The molecule has 0 radical (unpaired) electrons. The summed E-state index contributed by atoms with van der Waals surface area (Å²) in [7, 11) is 0. The van der Waals surface area contributed by atoms with Gasteiger partial charge in [0, 0.05) is 6.07 Å². The summed E-state index contributed by atoms with van der Waals surface area (Å²) in [6.07, 6.45) is 1.54. The minimum Gasteiger partial charge on any atom is -0.359 e. The van der Waals surface area contributed by atoms with Crippen LogP contribution in [-0.2, 0) is 6.54 Å². The molecule has 3 aromatic heterocycles. The highest BCUT2D eigenvalue weighted by Gasteiger charge is 2.08. The molecule has 0 aliphatic heterocycles. The average molecular weight is 265 g/mol. The molecule has 0 aliphatic carbocycles. The summed E-state index contributed by atoms with van der Waals surface area (Å²) in [5.41, 5.74) is -0.110. The van der Waals surface area contributed by atoms with E-state index >= 15 is 0 Å². The Labute approximate surface area is 104 Å². The molecular formula is C10H7N3O2S2. The normalized spacial score (nSPS) is 11.1. The molecule has 5 nitrogen and oxygen atoms in total. The van der Waals surface area contributed by atoms with E-state index in [1.165, 1.54) is 22.1 Å². The lowest BCUT2D eigenvalue weighted by Crippen LogP contribution is -2.21. The highest BCUT2D eigenvalue weighted by atomic mass is 32.1. The second-order valence-electron chi connectivity index (χ2n) is 3.46. The van der Waals surface area contributed by atoms with E-state index in [0.29, 0.717) is 22.5 Å². The molecule has 3 rings (SSSR count). The van der Waals surface area contributed by atoms with Gasteiger partial charge in [-0.15, -0.1) is 11.3 Å². The van der Waals surface area contributed by atoms with Gasteiger partial charge in [0.2, 0.25) is 0 Å². The Balaban J connectivity index is 2.22. The highest BCUT2D eigenvalue weighted by molar-refractivity contribution is 7.71. The molecule has 3 heterocycles. The summed E-state index contributed by atoms with van der Waals surface area (Å²) in [5.74, 6) is 0.598. The van der Waals surface area contributed by atoms with Gasteiger partial charge in [0.05, 0.1) is 18.1 Å². The van der Waals surface area contributed by atoms with E-state index in [2.05, 4.69) is 10.1 Å². The van der Waals surface area contributed by atoms with Crippen LogP contribution in [0.4, 0.5) is 0 Å². The molecule has 0 bridgehead atoms. The van der Waals surface area contributed by atoms with Gasteiger partial charge in [-0.1, -0.05) is 5.16 Å². The Bertz CT molecular complexity index is 767. The molecule has 86 valence electrons. The zero-order valence-corrected chi connectivity index (χ0v) is 10.2. The van der Waals surface area contributed by atoms with E-state index in [-0.39, 0.29) is 5.56 Å². The molecule has 17 heavy (non-hydrogen) atoms. The number of hydrogen-bond acceptors (Lipinski definition) is 5. The van der Waals surface area contributed by atoms with Gasteiger partial charge in [-0.25, -0.2) is 0 Å². The lowest BCUT2D eigenvalue weighted by molar-refractivity contribution is 0.374. The van der Waals surface area contributed by atoms with E-state index in [0.717, 1.165) is 4.83 Å². The van der Waals surface area contributed by atoms with Crippen LogP contribution in [0.3, 0.4) is 0 Å². The van der Waals surface area contributed by atoms with E-state index in [1.807, 2.05) is 5.38 Å². The Morgan fingerprint density at radius 1 is 1.53 bits per heavy atom. The van der Waals surface area contributed by atoms with E-state index in [1.54, 1.807) is 12.1 Å². The van der Waals surface area contributed by atoms with Crippen LogP contribution < -0.4 is 5.56 Å². The van der Waals surface area contributed by atoms with Crippen LogP contribution in [0.2, 0.25) is 0 Å². The fraction of sp³-hybridized carbons (Fsp3) is 0.100. The summed E-state index contributed by atoms with van der Waals surface area (Å²) in [4.78, 5) is 16.0. The number of fused-ring (bicyclic) bond motifs is 1. The maximum Gasteiger partial charge on any atom is 0.263 e. The monoisotopic (exact) mass is 265 g/mol. The Morgan fingerprint density at radius 3 is 3.18 bits per heavy atom. The second-order valence-corrected chi connectivity index (χ2v) is 4.77. The van der Waals surface area contributed by atoms with Gasteiger partial charge in [0.1, 0.15) is 4.83 Å². The van der Waals surface area contributed by atoms with Crippen molar-refractivity contribution in [2.24, 2.45) is 0 Å². The van der Waals surface area contributed by atoms with Crippen LogP contribution in [0, 0.1) is 4.77 Å². The summed E-state index contributed by atoms with van der Waals surface area (Å²) < 4.78 is 6.83. The number of thiophene rings is 1. The summed E-state index contributed by atoms with van der Waals surface area (Å²) >= 11 is 6.62. The molecule has 0 spiro atoms. The summed E-state index contributed by atoms with van der Waals surface area (Å²) in [6, 6.07) is 3.49. The van der Waals surface area contributed by atoms with Crippen LogP contribution in [0.5, 0.6) is 0 Å². The molecule has 7 heteroatoms. The predicted molar refractivity (Wildman–Crippen MR) is 66.9 cm³/mol. The molecule has 3 aromatic rings. The minimum absolute atomic E-state index is 0.110. The van der Waals surface area contributed by atoms with E-state index < -0.39 is 0 Å². The molecular weight excluding hydrogens is 258 g/mol. The minimum atomic E-state index is -0.110. The molecule has 0 unspecified atom stereocenters. The van der Waals surface area contributed by atoms with Crippen LogP contribution in [0.15, 0.2) is 33.0 Å². The van der Waals surface area contributed by atoms with Crippen molar-refractivity contribution in [3.8, 4) is 0 Å². The van der Waals surface area contributed by atoms with E-state index in [9.17, 15) is 4.79 Å². The second kappa shape index (κ2) is 3.94. The quantitative estimate of drug-likeness (QED) is 0.721. The van der Waals surface area contributed by atoms with Gasteiger partial charge < -0.3 is 9.51 Å². The molecule has 0 saturated carbocycles. The van der Waals surface area contributed by atoms with Crippen molar-refractivity contribution in [1.82, 2.24) is 14.7 Å². The average Bonchev–Trinajstić information content (AvgIpc) is 2.94. The Morgan fingerprint density at radius 2 is 2.41 bits per heavy atom. The lowest BCUT2D eigenvalue weighted by Gasteiger charge is -2.03. The van der Waals surface area contributed by atoms with Crippen LogP contribution in [0.25, 0.3) is 10.2 Å². The first-order valence-corrected chi connectivity index (χ1v) is 6.14.